The van der Waals surface area contributed by atoms with Crippen LogP contribution in [0.15, 0.2) is 18.2 Å². The van der Waals surface area contributed by atoms with Gasteiger partial charge < -0.3 is 14.9 Å². The Morgan fingerprint density at radius 1 is 1.44 bits per heavy atom. The molecular weight excluding hydrogens is 267 g/mol. The second kappa shape index (κ2) is 7.46. The topological polar surface area (TPSA) is 90.6 Å². The third kappa shape index (κ3) is 4.19. The Morgan fingerprint density at radius 3 is 2.67 bits per heavy atom. The van der Waals surface area contributed by atoms with Crippen LogP contribution >= 0.6 is 12.4 Å². The molecule has 0 aliphatic rings. The van der Waals surface area contributed by atoms with Gasteiger partial charge in [0, 0.05) is 0 Å². The molecule has 0 aliphatic heterocycles. The van der Waals surface area contributed by atoms with Crippen molar-refractivity contribution in [2.24, 2.45) is 5.84 Å². The van der Waals surface area contributed by atoms with Crippen LogP contribution in [0, 0.1) is 5.82 Å². The van der Waals surface area contributed by atoms with Crippen LogP contribution in [0.3, 0.4) is 0 Å². The summed E-state index contributed by atoms with van der Waals surface area (Å²) in [5, 5.41) is 0. The van der Waals surface area contributed by atoms with Crippen LogP contribution in [0.4, 0.5) is 14.9 Å². The molecule has 1 rings (SSSR count). The van der Waals surface area contributed by atoms with Crippen molar-refractivity contribution in [1.82, 2.24) is 0 Å². The SMILES string of the molecule is CCOC(=O)OC(=O)c1ccc(F)c(NN)c1.Cl. The van der Waals surface area contributed by atoms with E-state index in [0.29, 0.717) is 0 Å². The number of hydrazine groups is 1. The maximum atomic E-state index is 13.0. The number of halogens is 2. The Hall–Kier alpha value is -1.86. The van der Waals surface area contributed by atoms with Gasteiger partial charge in [-0.2, -0.15) is 0 Å². The molecule has 0 unspecified atom stereocenters. The van der Waals surface area contributed by atoms with Gasteiger partial charge in [-0.05, 0) is 25.1 Å². The smallest absolute Gasteiger partial charge is 0.434 e. The van der Waals surface area contributed by atoms with Crippen molar-refractivity contribution in [3.05, 3.63) is 29.6 Å². The van der Waals surface area contributed by atoms with E-state index in [1.165, 1.54) is 0 Å². The number of nitrogens with one attached hydrogen (secondary N) is 1. The van der Waals surface area contributed by atoms with E-state index in [0.717, 1.165) is 18.2 Å². The van der Waals surface area contributed by atoms with Crippen LogP contribution in [0.1, 0.15) is 17.3 Å². The Labute approximate surface area is 109 Å². The number of carbonyl (C=O) groups is 2. The van der Waals surface area contributed by atoms with Gasteiger partial charge in [0.2, 0.25) is 0 Å². The van der Waals surface area contributed by atoms with Crippen LogP contribution in [-0.2, 0) is 9.47 Å². The van der Waals surface area contributed by atoms with E-state index in [2.05, 4.69) is 14.9 Å². The van der Waals surface area contributed by atoms with Gasteiger partial charge in [0.05, 0.1) is 17.9 Å². The zero-order valence-corrected chi connectivity index (χ0v) is 10.3. The largest absolute Gasteiger partial charge is 0.516 e. The number of hydrogen-bond donors (Lipinski definition) is 2. The number of ether oxygens (including phenoxy) is 2. The number of carbonyl (C=O) groups excluding carboxylic acids is 2. The van der Waals surface area contributed by atoms with Crippen molar-refractivity contribution in [2.75, 3.05) is 12.0 Å². The molecule has 0 saturated heterocycles. The van der Waals surface area contributed by atoms with Crippen molar-refractivity contribution in [3.8, 4) is 0 Å². The molecule has 100 valence electrons. The van der Waals surface area contributed by atoms with Crippen molar-refractivity contribution >= 4 is 30.2 Å². The van der Waals surface area contributed by atoms with E-state index in [1.807, 2.05) is 0 Å². The minimum Gasteiger partial charge on any atom is -0.434 e. The normalized spacial score (nSPS) is 9.06. The zero-order valence-electron chi connectivity index (χ0n) is 9.44. The van der Waals surface area contributed by atoms with E-state index in [1.54, 1.807) is 6.92 Å². The van der Waals surface area contributed by atoms with Gasteiger partial charge in [-0.3, -0.25) is 5.84 Å². The molecule has 0 aliphatic carbocycles. The Morgan fingerprint density at radius 2 is 2.11 bits per heavy atom. The molecule has 1 aromatic rings. The van der Waals surface area contributed by atoms with Gasteiger partial charge in [-0.25, -0.2) is 14.0 Å². The first-order valence-electron chi connectivity index (χ1n) is 4.73. The highest BCUT2D eigenvalue weighted by Gasteiger charge is 2.15. The van der Waals surface area contributed by atoms with Gasteiger partial charge in [0.25, 0.3) is 0 Å². The van der Waals surface area contributed by atoms with Crippen LogP contribution in [0.25, 0.3) is 0 Å². The van der Waals surface area contributed by atoms with E-state index in [4.69, 9.17) is 5.84 Å². The van der Waals surface area contributed by atoms with Gasteiger partial charge in [0.15, 0.2) is 0 Å². The fourth-order valence-corrected chi connectivity index (χ4v) is 1.04. The second-order valence-corrected chi connectivity index (χ2v) is 2.91. The first-order valence-corrected chi connectivity index (χ1v) is 4.73. The first-order chi connectivity index (χ1) is 8.08. The third-order valence-electron chi connectivity index (χ3n) is 1.80. The van der Waals surface area contributed by atoms with Gasteiger partial charge in [-0.1, -0.05) is 0 Å². The average Bonchev–Trinajstić information content (AvgIpc) is 2.29. The van der Waals surface area contributed by atoms with Crippen LogP contribution < -0.4 is 11.3 Å². The molecular formula is C10H12ClFN2O4. The Balaban J connectivity index is 0.00000289. The summed E-state index contributed by atoms with van der Waals surface area (Å²) in [6, 6.07) is 3.31. The summed E-state index contributed by atoms with van der Waals surface area (Å²) in [5.74, 6) is 3.47. The summed E-state index contributed by atoms with van der Waals surface area (Å²) in [7, 11) is 0. The lowest BCUT2D eigenvalue weighted by Gasteiger charge is -2.05. The van der Waals surface area contributed by atoms with Crippen LogP contribution in [-0.4, -0.2) is 18.7 Å². The standard InChI is InChI=1S/C10H11FN2O4.ClH/c1-2-16-10(15)17-9(14)6-3-4-7(11)8(5-6)13-12;/h3-5,13H,2,12H2,1H3;1H. The molecule has 0 aromatic heterocycles. The maximum absolute atomic E-state index is 13.0. The summed E-state index contributed by atoms with van der Waals surface area (Å²) >= 11 is 0. The number of benzene rings is 1. The molecule has 6 nitrogen and oxygen atoms in total. The van der Waals surface area contributed by atoms with Crippen molar-refractivity contribution in [2.45, 2.75) is 6.92 Å². The molecule has 0 atom stereocenters. The predicted molar refractivity (Wildman–Crippen MR) is 63.9 cm³/mol. The molecule has 0 fully saturated rings. The predicted octanol–water partition coefficient (Wildman–Crippen LogP) is 1.85. The molecule has 0 saturated carbocycles. The summed E-state index contributed by atoms with van der Waals surface area (Å²) in [5.41, 5.74) is 1.97. The van der Waals surface area contributed by atoms with Gasteiger partial charge in [0.1, 0.15) is 5.82 Å². The average molecular weight is 279 g/mol. The highest BCUT2D eigenvalue weighted by atomic mass is 35.5. The summed E-state index contributed by atoms with van der Waals surface area (Å²) in [4.78, 5) is 22.3. The number of nitrogen functional groups attached to an aromatic ring is 1. The molecule has 0 radical (unpaired) electrons. The lowest BCUT2D eigenvalue weighted by Crippen LogP contribution is -2.15. The molecule has 18 heavy (non-hydrogen) atoms. The van der Waals surface area contributed by atoms with Crippen molar-refractivity contribution < 1.29 is 23.5 Å². The molecule has 0 heterocycles. The summed E-state index contributed by atoms with van der Waals surface area (Å²) in [6.07, 6.45) is -1.11. The molecule has 1 aromatic carbocycles. The van der Waals surface area contributed by atoms with E-state index in [-0.39, 0.29) is 30.3 Å². The number of nitrogens with two attached hydrogens (primary N) is 1. The molecule has 3 N–H and O–H groups in total. The fraction of sp³-hybridized carbons (Fsp3) is 0.200. The molecule has 0 bridgehead atoms. The summed E-state index contributed by atoms with van der Waals surface area (Å²) < 4.78 is 21.8. The van der Waals surface area contributed by atoms with E-state index >= 15 is 0 Å². The highest BCUT2D eigenvalue weighted by molar-refractivity contribution is 5.96. The third-order valence-corrected chi connectivity index (χ3v) is 1.80. The number of anilines is 1. The fourth-order valence-electron chi connectivity index (χ4n) is 1.04. The molecule has 8 heteroatoms. The number of esters is 1. The lowest BCUT2D eigenvalue weighted by molar-refractivity contribution is 0.0401. The second-order valence-electron chi connectivity index (χ2n) is 2.91. The van der Waals surface area contributed by atoms with Crippen LogP contribution in [0.2, 0.25) is 0 Å². The molecule has 0 amide bonds. The lowest BCUT2D eigenvalue weighted by atomic mass is 10.2. The molecule has 0 spiro atoms. The van der Waals surface area contributed by atoms with E-state index < -0.39 is 17.9 Å². The maximum Gasteiger partial charge on any atom is 0.516 e. The Kier molecular flexibility index (Phi) is 6.69. The first kappa shape index (κ1) is 16.1. The van der Waals surface area contributed by atoms with Crippen molar-refractivity contribution in [1.29, 1.82) is 0 Å². The zero-order chi connectivity index (χ0) is 12.8. The Bertz CT molecular complexity index is 442. The van der Waals surface area contributed by atoms with Crippen molar-refractivity contribution in [3.63, 3.8) is 0 Å². The van der Waals surface area contributed by atoms with E-state index in [9.17, 15) is 14.0 Å². The number of rotatable bonds is 3. The highest BCUT2D eigenvalue weighted by Crippen LogP contribution is 2.15. The quantitative estimate of drug-likeness (QED) is 0.379. The minimum atomic E-state index is -1.11. The van der Waals surface area contributed by atoms with Gasteiger partial charge >= 0.3 is 12.1 Å². The van der Waals surface area contributed by atoms with Crippen LogP contribution in [0.5, 0.6) is 0 Å². The monoisotopic (exact) mass is 278 g/mol. The minimum absolute atomic E-state index is 0. The number of hydrogen-bond acceptors (Lipinski definition) is 6. The van der Waals surface area contributed by atoms with Gasteiger partial charge in [-0.15, -0.1) is 12.4 Å². The summed E-state index contributed by atoms with van der Waals surface area (Å²) in [6.45, 7) is 1.66.